The average molecular weight is 435 g/mol. The van der Waals surface area contributed by atoms with E-state index in [9.17, 15) is 0 Å². The first-order valence-corrected chi connectivity index (χ1v) is 9.28. The molecule has 1 heterocycles. The third-order valence-corrected chi connectivity index (χ3v) is 4.20. The number of hydrogen-bond donors (Lipinski definition) is 1. The van der Waals surface area contributed by atoms with E-state index in [0.717, 1.165) is 35.7 Å². The first-order valence-electron chi connectivity index (χ1n) is 9.28. The van der Waals surface area contributed by atoms with Crippen molar-refractivity contribution in [1.82, 2.24) is 10.3 Å². The second kappa shape index (κ2) is 13.0. The standard InChI is InChI=1S/C23H26N2O2.2ClH/c1-3-26-23-13-20(14-25-16-21-5-4-12-24-15-21)10-11-22(23)27-17-19-8-6-18(2)7-9-19;;/h4-13,15,25H,3,14,16-17H2,1-2H3;2*1H. The van der Waals surface area contributed by atoms with Gasteiger partial charge in [-0.05, 0) is 48.7 Å². The number of halogens is 2. The van der Waals surface area contributed by atoms with Crippen LogP contribution in [0.25, 0.3) is 0 Å². The number of aryl methyl sites for hydroxylation is 1. The topological polar surface area (TPSA) is 43.4 Å². The Kier molecular flexibility index (Phi) is 11.1. The SMILES string of the molecule is CCOc1cc(CNCc2cccnc2)ccc1OCc1ccc(C)cc1.Cl.Cl. The Morgan fingerprint density at radius 2 is 1.55 bits per heavy atom. The highest BCUT2D eigenvalue weighted by molar-refractivity contribution is 5.85. The summed E-state index contributed by atoms with van der Waals surface area (Å²) in [6.45, 7) is 6.74. The van der Waals surface area contributed by atoms with Crippen LogP contribution in [0.3, 0.4) is 0 Å². The zero-order valence-corrected chi connectivity index (χ0v) is 18.4. The van der Waals surface area contributed by atoms with Gasteiger partial charge >= 0.3 is 0 Å². The summed E-state index contributed by atoms with van der Waals surface area (Å²) in [5.41, 5.74) is 4.72. The minimum Gasteiger partial charge on any atom is -0.490 e. The number of aromatic nitrogens is 1. The molecule has 0 aliphatic rings. The molecule has 0 radical (unpaired) electrons. The fraction of sp³-hybridized carbons (Fsp3) is 0.261. The number of rotatable bonds is 9. The van der Waals surface area contributed by atoms with E-state index in [1.165, 1.54) is 11.1 Å². The van der Waals surface area contributed by atoms with Crippen molar-refractivity contribution in [3.05, 3.63) is 89.2 Å². The van der Waals surface area contributed by atoms with Crippen LogP contribution in [0.5, 0.6) is 11.5 Å². The second-order valence-corrected chi connectivity index (χ2v) is 6.45. The molecule has 0 unspecified atom stereocenters. The van der Waals surface area contributed by atoms with Crippen molar-refractivity contribution in [3.63, 3.8) is 0 Å². The first kappa shape index (κ1) is 24.8. The van der Waals surface area contributed by atoms with Crippen LogP contribution >= 0.6 is 24.8 Å². The summed E-state index contributed by atoms with van der Waals surface area (Å²) >= 11 is 0. The maximum atomic E-state index is 5.99. The Bertz CT molecular complexity index is 843. The fourth-order valence-corrected chi connectivity index (χ4v) is 2.75. The van der Waals surface area contributed by atoms with E-state index in [2.05, 4.69) is 53.6 Å². The third-order valence-electron chi connectivity index (χ3n) is 4.20. The number of pyridine rings is 1. The summed E-state index contributed by atoms with van der Waals surface area (Å²) in [5, 5.41) is 3.43. The predicted octanol–water partition coefficient (Wildman–Crippen LogP) is 5.50. The molecule has 2 aromatic carbocycles. The molecule has 3 aromatic rings. The zero-order valence-electron chi connectivity index (χ0n) is 16.8. The van der Waals surface area contributed by atoms with Crippen molar-refractivity contribution in [3.8, 4) is 11.5 Å². The Labute approximate surface area is 185 Å². The third kappa shape index (κ3) is 7.94. The van der Waals surface area contributed by atoms with Gasteiger partial charge < -0.3 is 14.8 Å². The Hall–Kier alpha value is -2.27. The van der Waals surface area contributed by atoms with E-state index < -0.39 is 0 Å². The van der Waals surface area contributed by atoms with Gasteiger partial charge in [-0.25, -0.2) is 0 Å². The van der Waals surface area contributed by atoms with E-state index in [-0.39, 0.29) is 24.8 Å². The van der Waals surface area contributed by atoms with Crippen LogP contribution in [0, 0.1) is 6.92 Å². The lowest BCUT2D eigenvalue weighted by atomic mass is 10.1. The highest BCUT2D eigenvalue weighted by atomic mass is 35.5. The molecule has 0 saturated heterocycles. The summed E-state index contributed by atoms with van der Waals surface area (Å²) < 4.78 is 11.8. The Morgan fingerprint density at radius 1 is 0.828 bits per heavy atom. The molecule has 6 heteroatoms. The van der Waals surface area contributed by atoms with Gasteiger partial charge in [0.15, 0.2) is 11.5 Å². The predicted molar refractivity (Wildman–Crippen MR) is 122 cm³/mol. The molecule has 156 valence electrons. The van der Waals surface area contributed by atoms with Crippen LogP contribution in [0.4, 0.5) is 0 Å². The van der Waals surface area contributed by atoms with Gasteiger partial charge in [0.2, 0.25) is 0 Å². The van der Waals surface area contributed by atoms with Gasteiger partial charge in [0, 0.05) is 25.5 Å². The summed E-state index contributed by atoms with van der Waals surface area (Å²) in [4.78, 5) is 4.13. The van der Waals surface area contributed by atoms with Crippen molar-refractivity contribution in [2.24, 2.45) is 0 Å². The quantitative estimate of drug-likeness (QED) is 0.482. The number of benzene rings is 2. The summed E-state index contributed by atoms with van der Waals surface area (Å²) in [6, 6.07) is 18.5. The molecule has 0 aliphatic heterocycles. The summed E-state index contributed by atoms with van der Waals surface area (Å²) in [7, 11) is 0. The number of hydrogen-bond acceptors (Lipinski definition) is 4. The van der Waals surface area contributed by atoms with Crippen LogP contribution in [0.2, 0.25) is 0 Å². The van der Waals surface area contributed by atoms with E-state index in [1.807, 2.05) is 31.3 Å². The van der Waals surface area contributed by atoms with Crippen LogP contribution in [-0.2, 0) is 19.7 Å². The van der Waals surface area contributed by atoms with E-state index in [0.29, 0.717) is 13.2 Å². The molecule has 29 heavy (non-hydrogen) atoms. The fourth-order valence-electron chi connectivity index (χ4n) is 2.75. The highest BCUT2D eigenvalue weighted by Crippen LogP contribution is 2.29. The van der Waals surface area contributed by atoms with Gasteiger partial charge in [-0.1, -0.05) is 42.0 Å². The monoisotopic (exact) mass is 434 g/mol. The minimum atomic E-state index is 0. The molecule has 1 aromatic heterocycles. The number of nitrogens with one attached hydrogen (secondary N) is 1. The van der Waals surface area contributed by atoms with Crippen molar-refractivity contribution < 1.29 is 9.47 Å². The molecule has 0 aliphatic carbocycles. The van der Waals surface area contributed by atoms with Gasteiger partial charge in [0.25, 0.3) is 0 Å². The smallest absolute Gasteiger partial charge is 0.161 e. The van der Waals surface area contributed by atoms with Crippen molar-refractivity contribution >= 4 is 24.8 Å². The molecular weight excluding hydrogens is 407 g/mol. The Balaban J connectivity index is 0.00000210. The average Bonchev–Trinajstić information content (AvgIpc) is 2.70. The molecule has 0 bridgehead atoms. The van der Waals surface area contributed by atoms with E-state index in [1.54, 1.807) is 6.20 Å². The molecule has 0 atom stereocenters. The molecular formula is C23H28Cl2N2O2. The van der Waals surface area contributed by atoms with Crippen LogP contribution in [-0.4, -0.2) is 11.6 Å². The van der Waals surface area contributed by atoms with Gasteiger partial charge in [0.05, 0.1) is 6.61 Å². The number of nitrogens with zero attached hydrogens (tertiary/aromatic N) is 1. The number of ether oxygens (including phenoxy) is 2. The van der Waals surface area contributed by atoms with Crippen molar-refractivity contribution in [2.45, 2.75) is 33.5 Å². The lowest BCUT2D eigenvalue weighted by Gasteiger charge is -2.14. The van der Waals surface area contributed by atoms with Crippen LogP contribution < -0.4 is 14.8 Å². The lowest BCUT2D eigenvalue weighted by Crippen LogP contribution is -2.13. The second-order valence-electron chi connectivity index (χ2n) is 6.45. The van der Waals surface area contributed by atoms with Gasteiger partial charge in [0.1, 0.15) is 6.61 Å². The molecule has 0 amide bonds. The summed E-state index contributed by atoms with van der Waals surface area (Å²) in [6.07, 6.45) is 3.66. The van der Waals surface area contributed by atoms with Gasteiger partial charge in [-0.3, -0.25) is 4.98 Å². The van der Waals surface area contributed by atoms with E-state index >= 15 is 0 Å². The summed E-state index contributed by atoms with van der Waals surface area (Å²) in [5.74, 6) is 1.55. The van der Waals surface area contributed by atoms with E-state index in [4.69, 9.17) is 9.47 Å². The zero-order chi connectivity index (χ0) is 18.9. The maximum Gasteiger partial charge on any atom is 0.161 e. The molecule has 0 spiro atoms. The molecule has 3 rings (SSSR count). The van der Waals surface area contributed by atoms with Crippen molar-refractivity contribution in [1.29, 1.82) is 0 Å². The largest absolute Gasteiger partial charge is 0.490 e. The van der Waals surface area contributed by atoms with Gasteiger partial charge in [-0.15, -0.1) is 24.8 Å². The van der Waals surface area contributed by atoms with Crippen LogP contribution in [0.15, 0.2) is 67.0 Å². The Morgan fingerprint density at radius 3 is 2.24 bits per heavy atom. The molecule has 1 N–H and O–H groups in total. The van der Waals surface area contributed by atoms with Crippen molar-refractivity contribution in [2.75, 3.05) is 6.61 Å². The first-order chi connectivity index (χ1) is 13.2. The van der Waals surface area contributed by atoms with Gasteiger partial charge in [-0.2, -0.15) is 0 Å². The molecule has 4 nitrogen and oxygen atoms in total. The molecule has 0 fully saturated rings. The van der Waals surface area contributed by atoms with Crippen LogP contribution in [0.1, 0.15) is 29.2 Å². The minimum absolute atomic E-state index is 0. The maximum absolute atomic E-state index is 5.99. The highest BCUT2D eigenvalue weighted by Gasteiger charge is 2.07. The molecule has 0 saturated carbocycles. The normalized spacial score (nSPS) is 9.86. The lowest BCUT2D eigenvalue weighted by molar-refractivity contribution is 0.269.